The molecule has 3 rings (SSSR count). The van der Waals surface area contributed by atoms with Crippen molar-refractivity contribution in [1.82, 2.24) is 24.5 Å². The van der Waals surface area contributed by atoms with Crippen LogP contribution >= 0.6 is 0 Å². The molecule has 2 aromatic heterocycles. The molecule has 0 atom stereocenters. The number of aryl methyl sites for hydroxylation is 1. The maximum atomic E-state index is 12.3. The molecule has 0 aliphatic heterocycles. The highest BCUT2D eigenvalue weighted by atomic mass is 16.5. The lowest BCUT2D eigenvalue weighted by Gasteiger charge is -2.11. The third-order valence-electron chi connectivity index (χ3n) is 4.40. The largest absolute Gasteiger partial charge is 0.493 e. The van der Waals surface area contributed by atoms with Gasteiger partial charge in [-0.1, -0.05) is 0 Å². The monoisotopic (exact) mass is 343 g/mol. The van der Waals surface area contributed by atoms with Crippen LogP contribution in [0.5, 0.6) is 11.5 Å². The molecule has 2 heterocycles. The molecule has 0 saturated carbocycles. The first-order valence-corrected chi connectivity index (χ1v) is 7.85. The minimum Gasteiger partial charge on any atom is -0.493 e. The van der Waals surface area contributed by atoms with Gasteiger partial charge in [-0.3, -0.25) is 4.68 Å². The fraction of sp³-hybridized carbons (Fsp3) is 0.353. The smallest absolute Gasteiger partial charge is 0.347 e. The highest BCUT2D eigenvalue weighted by Crippen LogP contribution is 2.29. The van der Waals surface area contributed by atoms with Crippen LogP contribution in [0.1, 0.15) is 22.8 Å². The van der Waals surface area contributed by atoms with E-state index in [1.54, 1.807) is 32.4 Å². The van der Waals surface area contributed by atoms with Crippen molar-refractivity contribution in [2.24, 2.45) is 0 Å². The van der Waals surface area contributed by atoms with Gasteiger partial charge in [-0.15, -0.1) is 0 Å². The van der Waals surface area contributed by atoms with E-state index >= 15 is 0 Å². The van der Waals surface area contributed by atoms with Crippen LogP contribution in [0.4, 0.5) is 0 Å². The van der Waals surface area contributed by atoms with Gasteiger partial charge >= 0.3 is 5.69 Å². The van der Waals surface area contributed by atoms with E-state index in [0.29, 0.717) is 29.6 Å². The molecule has 0 spiro atoms. The zero-order valence-corrected chi connectivity index (χ0v) is 15.0. The summed E-state index contributed by atoms with van der Waals surface area (Å²) < 4.78 is 13.9. The molecule has 0 aliphatic carbocycles. The molecule has 0 unspecified atom stereocenters. The number of ether oxygens (including phenoxy) is 2. The van der Waals surface area contributed by atoms with Gasteiger partial charge in [-0.05, 0) is 38.5 Å². The van der Waals surface area contributed by atoms with Crippen LogP contribution in [0.3, 0.4) is 0 Å². The summed E-state index contributed by atoms with van der Waals surface area (Å²) >= 11 is 0. The summed E-state index contributed by atoms with van der Waals surface area (Å²) in [4.78, 5) is 12.3. The SMILES string of the molecule is COc1ccc(-n2c(Cn3nc(C)c(C)c3C)n[nH]c2=O)cc1OC. The highest BCUT2D eigenvalue weighted by Gasteiger charge is 2.16. The van der Waals surface area contributed by atoms with Gasteiger partial charge in [-0.25, -0.2) is 14.5 Å². The van der Waals surface area contributed by atoms with Gasteiger partial charge in [-0.2, -0.15) is 10.2 Å². The van der Waals surface area contributed by atoms with Crippen molar-refractivity contribution in [2.45, 2.75) is 27.3 Å². The molecule has 8 heteroatoms. The summed E-state index contributed by atoms with van der Waals surface area (Å²) in [5, 5.41) is 11.2. The Balaban J connectivity index is 2.05. The summed E-state index contributed by atoms with van der Waals surface area (Å²) in [5.41, 5.74) is 3.47. The zero-order valence-electron chi connectivity index (χ0n) is 15.0. The van der Waals surface area contributed by atoms with E-state index in [0.717, 1.165) is 17.0 Å². The Kier molecular flexibility index (Phi) is 4.35. The van der Waals surface area contributed by atoms with E-state index in [1.165, 1.54) is 4.57 Å². The third kappa shape index (κ3) is 2.90. The van der Waals surface area contributed by atoms with Crippen LogP contribution < -0.4 is 15.2 Å². The van der Waals surface area contributed by atoms with Crippen molar-refractivity contribution in [3.05, 3.63) is 51.5 Å². The van der Waals surface area contributed by atoms with E-state index in [9.17, 15) is 4.79 Å². The van der Waals surface area contributed by atoms with Crippen LogP contribution in [-0.4, -0.2) is 38.8 Å². The van der Waals surface area contributed by atoms with Gasteiger partial charge in [0.15, 0.2) is 17.3 Å². The average molecular weight is 343 g/mol. The lowest BCUT2D eigenvalue weighted by atomic mass is 10.2. The first-order valence-electron chi connectivity index (χ1n) is 7.85. The molecule has 0 fully saturated rings. The molecule has 0 amide bonds. The Morgan fingerprint density at radius 3 is 2.44 bits per heavy atom. The predicted molar refractivity (Wildman–Crippen MR) is 92.8 cm³/mol. The number of methoxy groups -OCH3 is 2. The fourth-order valence-corrected chi connectivity index (χ4v) is 2.74. The summed E-state index contributed by atoms with van der Waals surface area (Å²) in [7, 11) is 3.12. The summed E-state index contributed by atoms with van der Waals surface area (Å²) in [5.74, 6) is 1.70. The maximum absolute atomic E-state index is 12.3. The van der Waals surface area contributed by atoms with E-state index < -0.39 is 0 Å². The van der Waals surface area contributed by atoms with Gasteiger partial charge in [0.25, 0.3) is 0 Å². The second-order valence-corrected chi connectivity index (χ2v) is 5.77. The molecule has 0 aliphatic rings. The van der Waals surface area contributed by atoms with Gasteiger partial charge in [0.2, 0.25) is 0 Å². The minimum absolute atomic E-state index is 0.319. The van der Waals surface area contributed by atoms with E-state index in [4.69, 9.17) is 9.47 Å². The number of benzene rings is 1. The van der Waals surface area contributed by atoms with Crippen molar-refractivity contribution >= 4 is 0 Å². The molecule has 1 aromatic carbocycles. The van der Waals surface area contributed by atoms with Crippen molar-refractivity contribution in [3.8, 4) is 17.2 Å². The lowest BCUT2D eigenvalue weighted by Crippen LogP contribution is -2.19. The molecular formula is C17H21N5O3. The molecule has 0 bridgehead atoms. The zero-order chi connectivity index (χ0) is 18.1. The Bertz CT molecular complexity index is 967. The number of hydrogen-bond acceptors (Lipinski definition) is 5. The summed E-state index contributed by atoms with van der Waals surface area (Å²) in [6, 6.07) is 5.28. The second kappa shape index (κ2) is 6.46. The van der Waals surface area contributed by atoms with E-state index in [-0.39, 0.29) is 5.69 Å². The first-order chi connectivity index (χ1) is 12.0. The topological polar surface area (TPSA) is 87.0 Å². The predicted octanol–water partition coefficient (Wildman–Crippen LogP) is 1.75. The van der Waals surface area contributed by atoms with Crippen LogP contribution in [-0.2, 0) is 6.54 Å². The highest BCUT2D eigenvalue weighted by molar-refractivity contribution is 5.49. The average Bonchev–Trinajstić information content (AvgIpc) is 3.09. The van der Waals surface area contributed by atoms with Crippen molar-refractivity contribution in [2.75, 3.05) is 14.2 Å². The molecule has 1 N–H and O–H groups in total. The molecule has 25 heavy (non-hydrogen) atoms. The second-order valence-electron chi connectivity index (χ2n) is 5.77. The van der Waals surface area contributed by atoms with E-state index in [1.807, 2.05) is 25.5 Å². The lowest BCUT2D eigenvalue weighted by molar-refractivity contribution is 0.355. The number of aromatic nitrogens is 5. The first kappa shape index (κ1) is 16.8. The van der Waals surface area contributed by atoms with Crippen LogP contribution in [0.25, 0.3) is 5.69 Å². The molecular weight excluding hydrogens is 322 g/mol. The number of nitrogens with zero attached hydrogens (tertiary/aromatic N) is 4. The number of H-pyrrole nitrogens is 1. The van der Waals surface area contributed by atoms with Crippen LogP contribution in [0, 0.1) is 20.8 Å². The van der Waals surface area contributed by atoms with Crippen molar-refractivity contribution in [3.63, 3.8) is 0 Å². The summed E-state index contributed by atoms with van der Waals surface area (Å²) in [6.45, 7) is 6.37. The Hall–Kier alpha value is -3.03. The molecule has 8 nitrogen and oxygen atoms in total. The molecule has 0 saturated heterocycles. The Morgan fingerprint density at radius 1 is 1.12 bits per heavy atom. The number of rotatable bonds is 5. The van der Waals surface area contributed by atoms with Crippen molar-refractivity contribution in [1.29, 1.82) is 0 Å². The summed E-state index contributed by atoms with van der Waals surface area (Å²) in [6.07, 6.45) is 0. The van der Waals surface area contributed by atoms with Gasteiger partial charge in [0.05, 0.1) is 25.6 Å². The third-order valence-corrected chi connectivity index (χ3v) is 4.40. The van der Waals surface area contributed by atoms with Crippen molar-refractivity contribution < 1.29 is 9.47 Å². The molecule has 0 radical (unpaired) electrons. The molecule has 132 valence electrons. The number of nitrogens with one attached hydrogen (secondary N) is 1. The van der Waals surface area contributed by atoms with Gasteiger partial charge in [0.1, 0.15) is 6.54 Å². The quantitative estimate of drug-likeness (QED) is 0.762. The van der Waals surface area contributed by atoms with E-state index in [2.05, 4.69) is 15.3 Å². The van der Waals surface area contributed by atoms with Gasteiger partial charge in [0, 0.05) is 11.8 Å². The minimum atomic E-state index is -0.319. The number of hydrogen-bond donors (Lipinski definition) is 1. The van der Waals surface area contributed by atoms with Crippen LogP contribution in [0.2, 0.25) is 0 Å². The van der Waals surface area contributed by atoms with Crippen LogP contribution in [0.15, 0.2) is 23.0 Å². The maximum Gasteiger partial charge on any atom is 0.347 e. The Labute approximate surface area is 145 Å². The normalized spacial score (nSPS) is 10.9. The fourth-order valence-electron chi connectivity index (χ4n) is 2.74. The number of aromatic amines is 1. The molecule has 3 aromatic rings. The standard InChI is InChI=1S/C17H21N5O3/c1-10-11(2)20-21(12(10)3)9-16-18-19-17(23)22(16)13-6-7-14(24-4)15(8-13)25-5/h6-8H,9H2,1-5H3,(H,19,23). The Morgan fingerprint density at radius 2 is 1.84 bits per heavy atom. The van der Waals surface area contributed by atoms with Gasteiger partial charge < -0.3 is 9.47 Å².